The van der Waals surface area contributed by atoms with Crippen LogP contribution in [0.3, 0.4) is 0 Å². The highest BCUT2D eigenvalue weighted by molar-refractivity contribution is 6.31. The number of nitrogens with one attached hydrogen (secondary N) is 1. The SMILES string of the molecule is Cc1cc(C=NNc2ccc(C)c(Cl)c2)c(O)c(C(C)(C)C)c1. The molecule has 0 fully saturated rings. The zero-order chi connectivity index (χ0) is 17.2. The van der Waals surface area contributed by atoms with Gasteiger partial charge in [-0.05, 0) is 48.6 Å². The zero-order valence-electron chi connectivity index (χ0n) is 14.2. The molecule has 0 atom stereocenters. The molecule has 0 saturated carbocycles. The summed E-state index contributed by atoms with van der Waals surface area (Å²) in [6.45, 7) is 10.2. The first-order valence-electron chi connectivity index (χ1n) is 7.58. The van der Waals surface area contributed by atoms with Crippen molar-refractivity contribution in [3.63, 3.8) is 0 Å². The van der Waals surface area contributed by atoms with E-state index < -0.39 is 0 Å². The summed E-state index contributed by atoms with van der Waals surface area (Å²) in [4.78, 5) is 0. The van der Waals surface area contributed by atoms with Gasteiger partial charge < -0.3 is 5.11 Å². The predicted octanol–water partition coefficient (Wildman–Crippen LogP) is 5.41. The van der Waals surface area contributed by atoms with Gasteiger partial charge in [0.15, 0.2) is 0 Å². The first kappa shape index (κ1) is 17.4. The van der Waals surface area contributed by atoms with Gasteiger partial charge in [-0.1, -0.05) is 44.5 Å². The van der Waals surface area contributed by atoms with Crippen LogP contribution in [0.4, 0.5) is 5.69 Å². The van der Waals surface area contributed by atoms with Gasteiger partial charge in [-0.15, -0.1) is 0 Å². The smallest absolute Gasteiger partial charge is 0.128 e. The highest BCUT2D eigenvalue weighted by Gasteiger charge is 2.20. The predicted molar refractivity (Wildman–Crippen MR) is 98.9 cm³/mol. The Morgan fingerprint density at radius 1 is 1.13 bits per heavy atom. The van der Waals surface area contributed by atoms with Crippen LogP contribution < -0.4 is 5.43 Å². The van der Waals surface area contributed by atoms with E-state index in [1.54, 1.807) is 6.21 Å². The minimum absolute atomic E-state index is 0.128. The second kappa shape index (κ2) is 6.63. The van der Waals surface area contributed by atoms with Crippen LogP contribution in [-0.4, -0.2) is 11.3 Å². The summed E-state index contributed by atoms with van der Waals surface area (Å²) in [6.07, 6.45) is 1.63. The Balaban J connectivity index is 2.25. The lowest BCUT2D eigenvalue weighted by Gasteiger charge is -2.22. The van der Waals surface area contributed by atoms with Gasteiger partial charge in [0.2, 0.25) is 0 Å². The third kappa shape index (κ3) is 4.26. The molecule has 0 bridgehead atoms. The van der Waals surface area contributed by atoms with E-state index in [2.05, 4.69) is 31.3 Å². The third-order valence-electron chi connectivity index (χ3n) is 3.66. The van der Waals surface area contributed by atoms with Gasteiger partial charge in [-0.3, -0.25) is 5.43 Å². The second-order valence-electron chi connectivity index (χ2n) is 6.83. The Morgan fingerprint density at radius 3 is 2.43 bits per heavy atom. The maximum Gasteiger partial charge on any atom is 0.128 e. The highest BCUT2D eigenvalue weighted by atomic mass is 35.5. The first-order valence-corrected chi connectivity index (χ1v) is 7.95. The fraction of sp³-hybridized carbons (Fsp3) is 0.316. The topological polar surface area (TPSA) is 44.6 Å². The molecule has 0 aromatic heterocycles. The van der Waals surface area contributed by atoms with Gasteiger partial charge in [-0.2, -0.15) is 5.10 Å². The van der Waals surface area contributed by atoms with Crippen molar-refractivity contribution in [2.45, 2.75) is 40.0 Å². The molecule has 2 N–H and O–H groups in total. The molecular formula is C19H23ClN2O. The number of halogens is 1. The molecular weight excluding hydrogens is 308 g/mol. The lowest BCUT2D eigenvalue weighted by molar-refractivity contribution is 0.445. The van der Waals surface area contributed by atoms with Crippen molar-refractivity contribution in [3.05, 3.63) is 57.6 Å². The van der Waals surface area contributed by atoms with E-state index in [0.717, 1.165) is 22.4 Å². The van der Waals surface area contributed by atoms with E-state index in [1.165, 1.54) is 0 Å². The van der Waals surface area contributed by atoms with Gasteiger partial charge in [0.05, 0.1) is 11.9 Å². The summed E-state index contributed by atoms with van der Waals surface area (Å²) in [5, 5.41) is 15.4. The van der Waals surface area contributed by atoms with Crippen molar-refractivity contribution >= 4 is 23.5 Å². The van der Waals surface area contributed by atoms with E-state index in [1.807, 2.05) is 44.2 Å². The number of benzene rings is 2. The van der Waals surface area contributed by atoms with Gasteiger partial charge in [0, 0.05) is 16.1 Å². The molecule has 2 rings (SSSR count). The monoisotopic (exact) mass is 330 g/mol. The van der Waals surface area contributed by atoms with Gasteiger partial charge in [0.1, 0.15) is 5.75 Å². The Hall–Kier alpha value is -2.00. The lowest BCUT2D eigenvalue weighted by Crippen LogP contribution is -2.12. The van der Waals surface area contributed by atoms with Crippen molar-refractivity contribution < 1.29 is 5.11 Å². The van der Waals surface area contributed by atoms with E-state index >= 15 is 0 Å². The molecule has 0 saturated heterocycles. The third-order valence-corrected chi connectivity index (χ3v) is 4.07. The molecule has 0 unspecified atom stereocenters. The van der Waals surface area contributed by atoms with Crippen molar-refractivity contribution in [2.75, 3.05) is 5.43 Å². The van der Waals surface area contributed by atoms with Gasteiger partial charge >= 0.3 is 0 Å². The van der Waals surface area contributed by atoms with Crippen LogP contribution in [0.15, 0.2) is 35.4 Å². The normalized spacial score (nSPS) is 11.9. The fourth-order valence-electron chi connectivity index (χ4n) is 2.32. The first-order chi connectivity index (χ1) is 10.7. The van der Waals surface area contributed by atoms with Crippen LogP contribution in [-0.2, 0) is 5.41 Å². The molecule has 122 valence electrons. The van der Waals surface area contributed by atoms with Crippen LogP contribution in [0.1, 0.15) is 43.0 Å². The maximum atomic E-state index is 10.5. The number of hydrogen-bond donors (Lipinski definition) is 2. The molecule has 0 aliphatic rings. The highest BCUT2D eigenvalue weighted by Crippen LogP contribution is 2.33. The molecule has 0 amide bonds. The number of aryl methyl sites for hydroxylation is 2. The van der Waals surface area contributed by atoms with E-state index in [4.69, 9.17) is 11.6 Å². The summed E-state index contributed by atoms with van der Waals surface area (Å²) in [7, 11) is 0. The number of phenolic OH excluding ortho intramolecular Hbond substituents is 1. The van der Waals surface area contributed by atoms with Crippen LogP contribution in [0, 0.1) is 13.8 Å². The number of aromatic hydroxyl groups is 1. The molecule has 2 aromatic rings. The minimum atomic E-state index is -0.128. The zero-order valence-corrected chi connectivity index (χ0v) is 15.0. The molecule has 0 spiro atoms. The Bertz CT molecular complexity index is 746. The Labute approximate surface area is 143 Å². The summed E-state index contributed by atoms with van der Waals surface area (Å²) in [5.41, 5.74) is 7.34. The van der Waals surface area contributed by atoms with Crippen molar-refractivity contribution in [3.8, 4) is 5.75 Å². The summed E-state index contributed by atoms with van der Waals surface area (Å²) >= 11 is 6.09. The fourth-order valence-corrected chi connectivity index (χ4v) is 2.50. The number of phenols is 1. The number of nitrogens with zero attached hydrogens (tertiary/aromatic N) is 1. The second-order valence-corrected chi connectivity index (χ2v) is 7.24. The Morgan fingerprint density at radius 2 is 1.83 bits per heavy atom. The van der Waals surface area contributed by atoms with E-state index in [9.17, 15) is 5.11 Å². The summed E-state index contributed by atoms with van der Waals surface area (Å²) < 4.78 is 0. The average molecular weight is 331 g/mol. The van der Waals surface area contributed by atoms with Crippen LogP contribution in [0.5, 0.6) is 5.75 Å². The van der Waals surface area contributed by atoms with E-state index in [-0.39, 0.29) is 11.2 Å². The standard InChI is InChI=1S/C19H23ClN2O/c1-12-8-14(18(23)16(9-12)19(3,4)5)11-21-22-15-7-6-13(2)17(20)10-15/h6-11,22-23H,1-5H3. The largest absolute Gasteiger partial charge is 0.507 e. The van der Waals surface area contributed by atoms with Crippen LogP contribution in [0.25, 0.3) is 0 Å². The molecule has 2 aromatic carbocycles. The van der Waals surface area contributed by atoms with E-state index in [0.29, 0.717) is 10.6 Å². The molecule has 23 heavy (non-hydrogen) atoms. The molecule has 0 aliphatic carbocycles. The maximum absolute atomic E-state index is 10.5. The van der Waals surface area contributed by atoms with Crippen molar-refractivity contribution in [2.24, 2.45) is 5.10 Å². The van der Waals surface area contributed by atoms with Gasteiger partial charge in [0.25, 0.3) is 0 Å². The quantitative estimate of drug-likeness (QED) is 0.584. The van der Waals surface area contributed by atoms with Gasteiger partial charge in [-0.25, -0.2) is 0 Å². The number of rotatable bonds is 3. The minimum Gasteiger partial charge on any atom is -0.507 e. The number of hydrogen-bond acceptors (Lipinski definition) is 3. The summed E-state index contributed by atoms with van der Waals surface area (Å²) in [6, 6.07) is 9.60. The average Bonchev–Trinajstić information content (AvgIpc) is 2.45. The molecule has 0 radical (unpaired) electrons. The van der Waals surface area contributed by atoms with Crippen LogP contribution in [0.2, 0.25) is 5.02 Å². The van der Waals surface area contributed by atoms with Crippen LogP contribution >= 0.6 is 11.6 Å². The van der Waals surface area contributed by atoms with Crippen molar-refractivity contribution in [1.29, 1.82) is 0 Å². The number of anilines is 1. The Kier molecular flexibility index (Phi) is 5.00. The molecule has 0 aliphatic heterocycles. The lowest BCUT2D eigenvalue weighted by atomic mass is 9.84. The number of hydrazone groups is 1. The molecule has 0 heterocycles. The summed E-state index contributed by atoms with van der Waals surface area (Å²) in [5.74, 6) is 0.274. The molecule has 3 nitrogen and oxygen atoms in total. The molecule has 4 heteroatoms. The van der Waals surface area contributed by atoms with Crippen molar-refractivity contribution in [1.82, 2.24) is 0 Å².